The maximum Gasteiger partial charge on any atom is 0.219 e. The van der Waals surface area contributed by atoms with Gasteiger partial charge in [0.05, 0.1) is 16.1 Å². The molecule has 0 N–H and O–H groups in total. The molecule has 6 heteroatoms. The van der Waals surface area contributed by atoms with Gasteiger partial charge in [0.15, 0.2) is 0 Å². The summed E-state index contributed by atoms with van der Waals surface area (Å²) in [6, 6.07) is 7.30. The zero-order valence-electron chi connectivity index (χ0n) is 9.99. The zero-order chi connectivity index (χ0) is 13.8. The average molecular weight is 407 g/mol. The van der Waals surface area contributed by atoms with Crippen molar-refractivity contribution in [1.82, 2.24) is 4.98 Å². The molecule has 0 atom stereocenters. The summed E-state index contributed by atoms with van der Waals surface area (Å²) in [6.45, 7) is 0. The van der Waals surface area contributed by atoms with Crippen LogP contribution in [0.3, 0.4) is 0 Å². The lowest BCUT2D eigenvalue weighted by molar-refractivity contribution is 0.408. The summed E-state index contributed by atoms with van der Waals surface area (Å²) in [5, 5.41) is 0. The maximum atomic E-state index is 5.71. The summed E-state index contributed by atoms with van der Waals surface area (Å²) in [4.78, 5) is 4.18. The second kappa shape index (κ2) is 6.59. The van der Waals surface area contributed by atoms with Crippen LogP contribution in [-0.4, -0.2) is 12.1 Å². The SMILES string of the molecule is COc1cc(Br)c(Oc2ccc(CCl)cn2)cc1Br. The van der Waals surface area contributed by atoms with Crippen LogP contribution in [0.25, 0.3) is 0 Å². The first-order valence-electron chi connectivity index (χ1n) is 5.36. The van der Waals surface area contributed by atoms with Gasteiger partial charge < -0.3 is 9.47 Å². The van der Waals surface area contributed by atoms with E-state index >= 15 is 0 Å². The van der Waals surface area contributed by atoms with E-state index in [4.69, 9.17) is 21.1 Å². The van der Waals surface area contributed by atoms with Gasteiger partial charge in [-0.1, -0.05) is 6.07 Å². The third-order valence-electron chi connectivity index (χ3n) is 2.37. The normalized spacial score (nSPS) is 10.3. The Balaban J connectivity index is 2.25. The number of methoxy groups -OCH3 is 1. The molecule has 0 spiro atoms. The fourth-order valence-electron chi connectivity index (χ4n) is 1.41. The van der Waals surface area contributed by atoms with Crippen LogP contribution in [0.15, 0.2) is 39.4 Å². The minimum absolute atomic E-state index is 0.436. The second-order valence-corrected chi connectivity index (χ2v) is 5.63. The number of hydrogen-bond donors (Lipinski definition) is 0. The van der Waals surface area contributed by atoms with Crippen molar-refractivity contribution < 1.29 is 9.47 Å². The fourth-order valence-corrected chi connectivity index (χ4v) is 2.45. The van der Waals surface area contributed by atoms with Gasteiger partial charge in [0.2, 0.25) is 5.88 Å². The summed E-state index contributed by atoms with van der Waals surface area (Å²) >= 11 is 12.6. The summed E-state index contributed by atoms with van der Waals surface area (Å²) in [5.74, 6) is 2.32. The van der Waals surface area contributed by atoms with E-state index in [1.165, 1.54) is 0 Å². The van der Waals surface area contributed by atoms with Crippen LogP contribution in [-0.2, 0) is 5.88 Å². The molecule has 2 aromatic rings. The molecule has 2 rings (SSSR count). The highest BCUT2D eigenvalue weighted by Gasteiger charge is 2.09. The van der Waals surface area contributed by atoms with Gasteiger partial charge in [0.25, 0.3) is 0 Å². The van der Waals surface area contributed by atoms with Crippen molar-refractivity contribution in [3.05, 3.63) is 45.0 Å². The van der Waals surface area contributed by atoms with Crippen molar-refractivity contribution in [3.8, 4) is 17.4 Å². The molecule has 0 saturated carbocycles. The van der Waals surface area contributed by atoms with Gasteiger partial charge in [0.1, 0.15) is 11.5 Å². The molecule has 0 amide bonds. The highest BCUT2D eigenvalue weighted by molar-refractivity contribution is 9.11. The van der Waals surface area contributed by atoms with Crippen molar-refractivity contribution >= 4 is 43.5 Å². The van der Waals surface area contributed by atoms with Crippen LogP contribution in [0, 0.1) is 0 Å². The van der Waals surface area contributed by atoms with Crippen LogP contribution in [0.2, 0.25) is 0 Å². The Bertz CT molecular complexity index is 576. The third kappa shape index (κ3) is 3.61. The summed E-state index contributed by atoms with van der Waals surface area (Å²) in [6.07, 6.45) is 1.69. The number of benzene rings is 1. The first-order chi connectivity index (χ1) is 9.13. The number of alkyl halides is 1. The van der Waals surface area contributed by atoms with Crippen molar-refractivity contribution in [2.45, 2.75) is 5.88 Å². The number of rotatable bonds is 4. The molecule has 0 radical (unpaired) electrons. The Labute approximate surface area is 133 Å². The van der Waals surface area contributed by atoms with E-state index in [2.05, 4.69) is 36.8 Å². The van der Waals surface area contributed by atoms with Crippen LogP contribution >= 0.6 is 43.5 Å². The second-order valence-electron chi connectivity index (χ2n) is 3.66. The number of aromatic nitrogens is 1. The molecule has 0 unspecified atom stereocenters. The fraction of sp³-hybridized carbons (Fsp3) is 0.154. The van der Waals surface area contributed by atoms with Crippen LogP contribution in [0.1, 0.15) is 5.56 Å². The Morgan fingerprint density at radius 3 is 2.42 bits per heavy atom. The van der Waals surface area contributed by atoms with E-state index in [1.54, 1.807) is 19.4 Å². The minimum Gasteiger partial charge on any atom is -0.496 e. The predicted molar refractivity (Wildman–Crippen MR) is 82.3 cm³/mol. The molecule has 0 aliphatic rings. The molecule has 0 bridgehead atoms. The summed E-state index contributed by atoms with van der Waals surface area (Å²) in [5.41, 5.74) is 0.948. The predicted octanol–water partition coefficient (Wildman–Crippen LogP) is 5.15. The Kier molecular flexibility index (Phi) is 5.07. The lowest BCUT2D eigenvalue weighted by Crippen LogP contribution is -1.91. The number of ether oxygens (including phenoxy) is 2. The molecular weight excluding hydrogens is 397 g/mol. The quantitative estimate of drug-likeness (QED) is 0.657. The van der Waals surface area contributed by atoms with E-state index < -0.39 is 0 Å². The molecule has 3 nitrogen and oxygen atoms in total. The Morgan fingerprint density at radius 1 is 1.16 bits per heavy atom. The first-order valence-corrected chi connectivity index (χ1v) is 7.48. The highest BCUT2D eigenvalue weighted by atomic mass is 79.9. The average Bonchev–Trinajstić information content (AvgIpc) is 2.43. The van der Waals surface area contributed by atoms with Crippen molar-refractivity contribution in [2.75, 3.05) is 7.11 Å². The van der Waals surface area contributed by atoms with E-state index in [-0.39, 0.29) is 0 Å². The van der Waals surface area contributed by atoms with Crippen molar-refractivity contribution in [2.24, 2.45) is 0 Å². The van der Waals surface area contributed by atoms with Gasteiger partial charge in [-0.3, -0.25) is 0 Å². The van der Waals surface area contributed by atoms with Gasteiger partial charge in [-0.25, -0.2) is 4.98 Å². The van der Waals surface area contributed by atoms with Gasteiger partial charge in [0, 0.05) is 18.1 Å². The summed E-state index contributed by atoms with van der Waals surface area (Å²) in [7, 11) is 1.61. The van der Waals surface area contributed by atoms with Gasteiger partial charge in [-0.2, -0.15) is 0 Å². The molecule has 100 valence electrons. The van der Waals surface area contributed by atoms with Crippen molar-refractivity contribution in [1.29, 1.82) is 0 Å². The van der Waals surface area contributed by atoms with Crippen molar-refractivity contribution in [3.63, 3.8) is 0 Å². The molecular formula is C13H10Br2ClNO2. The standard InChI is InChI=1S/C13H10Br2ClNO2/c1-18-11-4-10(15)12(5-9(11)14)19-13-3-2-8(6-16)7-17-13/h2-5,7H,6H2,1H3. The summed E-state index contributed by atoms with van der Waals surface area (Å²) < 4.78 is 12.5. The topological polar surface area (TPSA) is 31.4 Å². The molecule has 0 aliphatic carbocycles. The number of hydrogen-bond acceptors (Lipinski definition) is 3. The maximum absolute atomic E-state index is 5.71. The lowest BCUT2D eigenvalue weighted by Gasteiger charge is -2.10. The molecule has 0 saturated heterocycles. The Hall–Kier alpha value is -0.780. The molecule has 19 heavy (non-hydrogen) atoms. The molecule has 1 aromatic carbocycles. The van der Waals surface area contributed by atoms with E-state index in [0.717, 1.165) is 20.3 Å². The molecule has 0 fully saturated rings. The van der Waals surface area contributed by atoms with E-state index in [1.807, 2.05) is 18.2 Å². The van der Waals surface area contributed by atoms with Crippen LogP contribution in [0.4, 0.5) is 0 Å². The van der Waals surface area contributed by atoms with Gasteiger partial charge in [-0.15, -0.1) is 11.6 Å². The molecule has 1 aromatic heterocycles. The Morgan fingerprint density at radius 2 is 1.84 bits per heavy atom. The van der Waals surface area contributed by atoms with E-state index in [0.29, 0.717) is 17.5 Å². The van der Waals surface area contributed by atoms with E-state index in [9.17, 15) is 0 Å². The molecule has 1 heterocycles. The smallest absolute Gasteiger partial charge is 0.219 e. The zero-order valence-corrected chi connectivity index (χ0v) is 13.9. The number of pyridine rings is 1. The number of nitrogens with zero attached hydrogens (tertiary/aromatic N) is 1. The van der Waals surface area contributed by atoms with Gasteiger partial charge in [-0.05, 0) is 49.6 Å². The first kappa shape index (κ1) is 14.6. The number of halogens is 3. The third-order valence-corrected chi connectivity index (χ3v) is 3.92. The monoisotopic (exact) mass is 405 g/mol. The van der Waals surface area contributed by atoms with Crippen LogP contribution < -0.4 is 9.47 Å². The minimum atomic E-state index is 0.436. The van der Waals surface area contributed by atoms with Crippen LogP contribution in [0.5, 0.6) is 17.4 Å². The molecule has 0 aliphatic heterocycles. The highest BCUT2D eigenvalue weighted by Crippen LogP contribution is 2.37. The largest absolute Gasteiger partial charge is 0.496 e. The van der Waals surface area contributed by atoms with Gasteiger partial charge >= 0.3 is 0 Å². The lowest BCUT2D eigenvalue weighted by atomic mass is 10.3.